The smallest absolute Gasteiger partial charge is 0.249 e. The number of nitrogens with one attached hydrogen (secondary N) is 2. The summed E-state index contributed by atoms with van der Waals surface area (Å²) in [5, 5.41) is 14.5. The van der Waals surface area contributed by atoms with Crippen molar-refractivity contribution in [2.24, 2.45) is 0 Å². The Morgan fingerprint density at radius 1 is 1.00 bits per heavy atom. The molecule has 0 bridgehead atoms. The number of hydrogen-bond donors (Lipinski definition) is 2. The van der Waals surface area contributed by atoms with Crippen molar-refractivity contribution in [3.05, 3.63) is 59.8 Å². The highest BCUT2D eigenvalue weighted by atomic mass is 16.5. The van der Waals surface area contributed by atoms with Crippen LogP contribution in [0.2, 0.25) is 0 Å². The molecule has 0 aliphatic heterocycles. The van der Waals surface area contributed by atoms with Crippen LogP contribution in [0.25, 0.3) is 0 Å². The van der Waals surface area contributed by atoms with Crippen LogP contribution in [0.5, 0.6) is 11.5 Å². The molecule has 0 amide bonds. The number of aromatic nitrogens is 3. The van der Waals surface area contributed by atoms with Crippen LogP contribution >= 0.6 is 0 Å². The first kappa shape index (κ1) is 18.4. The lowest BCUT2D eigenvalue weighted by atomic mass is 10.1. The molecule has 0 fully saturated rings. The zero-order valence-corrected chi connectivity index (χ0v) is 15.7. The first-order chi connectivity index (χ1) is 13.2. The number of aryl methyl sites for hydroxylation is 1. The molecule has 0 saturated carbocycles. The Kier molecular flexibility index (Phi) is 6.04. The molecule has 0 atom stereocenters. The molecule has 2 N–H and O–H groups in total. The number of methoxy groups -OCH3 is 2. The highest BCUT2D eigenvalue weighted by molar-refractivity contribution is 5.63. The molecule has 3 rings (SSSR count). The van der Waals surface area contributed by atoms with Crippen molar-refractivity contribution in [3.63, 3.8) is 0 Å². The van der Waals surface area contributed by atoms with Crippen molar-refractivity contribution in [1.82, 2.24) is 15.2 Å². The average Bonchev–Trinajstić information content (AvgIpc) is 2.69. The minimum absolute atomic E-state index is 0.411. The summed E-state index contributed by atoms with van der Waals surface area (Å²) in [5.74, 6) is 2.65. The van der Waals surface area contributed by atoms with Crippen molar-refractivity contribution >= 4 is 17.5 Å². The molecule has 1 heterocycles. The van der Waals surface area contributed by atoms with Crippen LogP contribution in [0.1, 0.15) is 11.1 Å². The maximum Gasteiger partial charge on any atom is 0.249 e. The van der Waals surface area contributed by atoms with E-state index in [0.29, 0.717) is 11.8 Å². The molecule has 3 aromatic rings. The van der Waals surface area contributed by atoms with Crippen LogP contribution in [0.4, 0.5) is 17.5 Å². The van der Waals surface area contributed by atoms with Crippen LogP contribution in [0.3, 0.4) is 0 Å². The van der Waals surface area contributed by atoms with E-state index in [4.69, 9.17) is 9.47 Å². The van der Waals surface area contributed by atoms with E-state index >= 15 is 0 Å². The second kappa shape index (κ2) is 8.84. The molecule has 0 aliphatic carbocycles. The van der Waals surface area contributed by atoms with E-state index in [1.807, 2.05) is 37.3 Å². The van der Waals surface area contributed by atoms with Crippen LogP contribution in [0, 0.1) is 6.92 Å². The number of hydrogen-bond acceptors (Lipinski definition) is 7. The van der Waals surface area contributed by atoms with Gasteiger partial charge in [0.2, 0.25) is 5.95 Å². The molecule has 2 aromatic carbocycles. The molecule has 0 aliphatic rings. The second-order valence-electron chi connectivity index (χ2n) is 6.02. The van der Waals surface area contributed by atoms with Gasteiger partial charge in [0.1, 0.15) is 11.5 Å². The summed E-state index contributed by atoms with van der Waals surface area (Å²) >= 11 is 0. The van der Waals surface area contributed by atoms with Gasteiger partial charge in [0.05, 0.1) is 26.1 Å². The molecule has 7 heteroatoms. The molecule has 27 heavy (non-hydrogen) atoms. The quantitative estimate of drug-likeness (QED) is 0.631. The normalized spacial score (nSPS) is 10.3. The van der Waals surface area contributed by atoms with Crippen molar-refractivity contribution in [1.29, 1.82) is 0 Å². The zero-order valence-electron chi connectivity index (χ0n) is 15.7. The monoisotopic (exact) mass is 365 g/mol. The summed E-state index contributed by atoms with van der Waals surface area (Å²) in [4.78, 5) is 4.46. The summed E-state index contributed by atoms with van der Waals surface area (Å²) in [6.07, 6.45) is 2.47. The van der Waals surface area contributed by atoms with Crippen molar-refractivity contribution in [2.75, 3.05) is 31.4 Å². The molecule has 1 aromatic heterocycles. The van der Waals surface area contributed by atoms with Gasteiger partial charge < -0.3 is 20.1 Å². The molecule has 140 valence electrons. The summed E-state index contributed by atoms with van der Waals surface area (Å²) in [5.41, 5.74) is 3.13. The summed E-state index contributed by atoms with van der Waals surface area (Å²) in [6, 6.07) is 13.9. The largest absolute Gasteiger partial charge is 0.497 e. The van der Waals surface area contributed by atoms with Crippen LogP contribution in [-0.4, -0.2) is 35.9 Å². The van der Waals surface area contributed by atoms with E-state index in [9.17, 15) is 0 Å². The van der Waals surface area contributed by atoms with Crippen LogP contribution in [0.15, 0.2) is 48.7 Å². The van der Waals surface area contributed by atoms with E-state index in [-0.39, 0.29) is 0 Å². The van der Waals surface area contributed by atoms with Gasteiger partial charge in [-0.2, -0.15) is 10.1 Å². The molecular formula is C20H23N5O2. The highest BCUT2D eigenvalue weighted by Crippen LogP contribution is 2.27. The van der Waals surface area contributed by atoms with Gasteiger partial charge in [-0.3, -0.25) is 0 Å². The van der Waals surface area contributed by atoms with Crippen molar-refractivity contribution < 1.29 is 9.47 Å². The maximum atomic E-state index is 5.37. The van der Waals surface area contributed by atoms with Gasteiger partial charge in [-0.05, 0) is 48.7 Å². The predicted molar refractivity (Wildman–Crippen MR) is 106 cm³/mol. The minimum Gasteiger partial charge on any atom is -0.497 e. The van der Waals surface area contributed by atoms with Gasteiger partial charge in [0.25, 0.3) is 0 Å². The minimum atomic E-state index is 0.411. The Balaban J connectivity index is 1.61. The maximum absolute atomic E-state index is 5.37. The van der Waals surface area contributed by atoms with E-state index in [1.54, 1.807) is 20.4 Å². The van der Waals surface area contributed by atoms with E-state index in [1.165, 1.54) is 5.56 Å². The van der Waals surface area contributed by atoms with Gasteiger partial charge in [0, 0.05) is 6.54 Å². The SMILES string of the molecule is COc1ccc(CCNc2cnnc(Nc3cc(C)ccc3OC)n2)cc1. The first-order valence-electron chi connectivity index (χ1n) is 8.66. The number of anilines is 3. The Morgan fingerprint density at radius 3 is 2.56 bits per heavy atom. The third kappa shape index (κ3) is 5.07. The fourth-order valence-corrected chi connectivity index (χ4v) is 2.61. The molecule has 0 saturated heterocycles. The van der Waals surface area contributed by atoms with E-state index < -0.39 is 0 Å². The fourth-order valence-electron chi connectivity index (χ4n) is 2.61. The predicted octanol–water partition coefficient (Wildman–Crippen LogP) is 3.60. The van der Waals surface area contributed by atoms with Crippen LogP contribution in [-0.2, 0) is 6.42 Å². The number of nitrogens with zero attached hydrogens (tertiary/aromatic N) is 3. The number of rotatable bonds is 8. The summed E-state index contributed by atoms with van der Waals surface area (Å²) in [6.45, 7) is 2.75. The van der Waals surface area contributed by atoms with Gasteiger partial charge in [0.15, 0.2) is 5.82 Å². The Hall–Kier alpha value is -3.35. The molecular weight excluding hydrogens is 342 g/mol. The van der Waals surface area contributed by atoms with Crippen molar-refractivity contribution in [3.8, 4) is 11.5 Å². The third-order valence-electron chi connectivity index (χ3n) is 4.04. The number of benzene rings is 2. The van der Waals surface area contributed by atoms with Gasteiger partial charge in [-0.15, -0.1) is 5.10 Å². The molecule has 0 radical (unpaired) electrons. The molecule has 0 spiro atoms. The Bertz CT molecular complexity index is 884. The fraction of sp³-hybridized carbons (Fsp3) is 0.250. The lowest BCUT2D eigenvalue weighted by Crippen LogP contribution is -2.09. The first-order valence-corrected chi connectivity index (χ1v) is 8.66. The zero-order chi connectivity index (χ0) is 19.1. The van der Waals surface area contributed by atoms with E-state index in [0.717, 1.165) is 35.7 Å². The average molecular weight is 365 g/mol. The van der Waals surface area contributed by atoms with Crippen LogP contribution < -0.4 is 20.1 Å². The van der Waals surface area contributed by atoms with Gasteiger partial charge >= 0.3 is 0 Å². The lowest BCUT2D eigenvalue weighted by molar-refractivity contribution is 0.414. The molecule has 7 nitrogen and oxygen atoms in total. The lowest BCUT2D eigenvalue weighted by Gasteiger charge is -2.11. The Labute approximate surface area is 158 Å². The Morgan fingerprint density at radius 2 is 1.81 bits per heavy atom. The number of ether oxygens (including phenoxy) is 2. The standard InChI is InChI=1S/C20H23N5O2/c1-14-4-9-18(27-3)17(12-14)23-20-24-19(13-22-25-20)21-11-10-15-5-7-16(26-2)8-6-15/h4-9,12-13H,10-11H2,1-3H3,(H2,21,23,24,25). The van der Waals surface area contributed by atoms with Gasteiger partial charge in [-0.25, -0.2) is 0 Å². The highest BCUT2D eigenvalue weighted by Gasteiger charge is 2.07. The van der Waals surface area contributed by atoms with E-state index in [2.05, 4.69) is 37.9 Å². The van der Waals surface area contributed by atoms with Crippen molar-refractivity contribution in [2.45, 2.75) is 13.3 Å². The van der Waals surface area contributed by atoms with Gasteiger partial charge in [-0.1, -0.05) is 18.2 Å². The summed E-state index contributed by atoms with van der Waals surface area (Å²) in [7, 11) is 3.29. The summed E-state index contributed by atoms with van der Waals surface area (Å²) < 4.78 is 10.5. The molecule has 0 unspecified atom stereocenters. The second-order valence-corrected chi connectivity index (χ2v) is 6.02. The topological polar surface area (TPSA) is 81.2 Å². The third-order valence-corrected chi connectivity index (χ3v) is 4.04.